The molecule has 0 atom stereocenters. The van der Waals surface area contributed by atoms with Crippen molar-refractivity contribution in [3.05, 3.63) is 212 Å². The highest BCUT2D eigenvalue weighted by Gasteiger charge is 2.21. The molecule has 12 aromatic rings. The van der Waals surface area contributed by atoms with Crippen LogP contribution in [0.4, 0.5) is 0 Å². The summed E-state index contributed by atoms with van der Waals surface area (Å²) < 4.78 is 6.58. The summed E-state index contributed by atoms with van der Waals surface area (Å²) in [4.78, 5) is 15.5. The Hall–Kier alpha value is -8.21. The van der Waals surface area contributed by atoms with Crippen molar-refractivity contribution in [1.82, 2.24) is 15.0 Å². The number of pyridine rings is 1. The Balaban J connectivity index is 0.929. The van der Waals surface area contributed by atoms with Crippen molar-refractivity contribution < 1.29 is 4.42 Å². The first-order valence-electron chi connectivity index (χ1n) is 20.6. The summed E-state index contributed by atoms with van der Waals surface area (Å²) in [6, 6.07) is 74.3. The van der Waals surface area contributed by atoms with Gasteiger partial charge in [-0.2, -0.15) is 0 Å². The first-order valence-corrected chi connectivity index (χ1v) is 20.6. The fourth-order valence-electron chi connectivity index (χ4n) is 8.94. The Morgan fingerprint density at radius 3 is 1.38 bits per heavy atom. The van der Waals surface area contributed by atoms with Crippen molar-refractivity contribution >= 4 is 54.5 Å². The van der Waals surface area contributed by atoms with Crippen molar-refractivity contribution in [2.75, 3.05) is 0 Å². The van der Waals surface area contributed by atoms with E-state index in [9.17, 15) is 0 Å². The van der Waals surface area contributed by atoms with Crippen LogP contribution in [0.15, 0.2) is 217 Å². The van der Waals surface area contributed by atoms with Gasteiger partial charge in [-0.25, -0.2) is 15.0 Å². The van der Waals surface area contributed by atoms with Crippen LogP contribution in [0.1, 0.15) is 0 Å². The highest BCUT2D eigenvalue weighted by atomic mass is 16.3. The van der Waals surface area contributed by atoms with Crippen LogP contribution >= 0.6 is 0 Å². The van der Waals surface area contributed by atoms with Gasteiger partial charge in [0.15, 0.2) is 5.82 Å². The van der Waals surface area contributed by atoms with Gasteiger partial charge in [0.2, 0.25) is 0 Å². The lowest BCUT2D eigenvalue weighted by Crippen LogP contribution is -1.95. The van der Waals surface area contributed by atoms with Crippen molar-refractivity contribution in [3.8, 4) is 67.3 Å². The van der Waals surface area contributed by atoms with Crippen LogP contribution in [-0.2, 0) is 0 Å². The average Bonchev–Trinajstić information content (AvgIpc) is 3.71. The van der Waals surface area contributed by atoms with Crippen LogP contribution in [0.3, 0.4) is 0 Å². The monoisotopic (exact) mass is 777 g/mol. The molecule has 4 nitrogen and oxygen atoms in total. The Morgan fingerprint density at radius 1 is 0.279 bits per heavy atom. The van der Waals surface area contributed by atoms with Gasteiger partial charge in [0, 0.05) is 54.6 Å². The SMILES string of the molecule is c1ccc(-c2ccc(-c3nc(-c4ccc(-c5ccc(-c6nc7ccccc7c7c(-c8ccccc8)c8c(cc67)oc6ccccc68)cc5)cc4)nc4ccccc34)cc2)cc1. The molecule has 9 aromatic carbocycles. The lowest BCUT2D eigenvalue weighted by molar-refractivity contribution is 0.669. The van der Waals surface area contributed by atoms with E-state index in [1.54, 1.807) is 0 Å². The van der Waals surface area contributed by atoms with Crippen molar-refractivity contribution in [2.45, 2.75) is 0 Å². The van der Waals surface area contributed by atoms with Crippen molar-refractivity contribution in [3.63, 3.8) is 0 Å². The lowest BCUT2D eigenvalue weighted by atomic mass is 9.89. The molecule has 3 aromatic heterocycles. The van der Waals surface area contributed by atoms with E-state index in [0.717, 1.165) is 99.5 Å². The van der Waals surface area contributed by atoms with E-state index >= 15 is 0 Å². The molecule has 0 N–H and O–H groups in total. The Labute approximate surface area is 352 Å². The van der Waals surface area contributed by atoms with Crippen molar-refractivity contribution in [1.29, 1.82) is 0 Å². The quantitative estimate of drug-likeness (QED) is 0.158. The molecule has 4 heteroatoms. The maximum atomic E-state index is 6.58. The second-order valence-electron chi connectivity index (χ2n) is 15.5. The summed E-state index contributed by atoms with van der Waals surface area (Å²) >= 11 is 0. The van der Waals surface area contributed by atoms with Crippen molar-refractivity contribution in [2.24, 2.45) is 0 Å². The van der Waals surface area contributed by atoms with E-state index in [-0.39, 0.29) is 0 Å². The fourth-order valence-corrected chi connectivity index (χ4v) is 8.94. The predicted octanol–water partition coefficient (Wildman–Crippen LogP) is 15.2. The number of benzene rings is 9. The predicted molar refractivity (Wildman–Crippen MR) is 252 cm³/mol. The molecule has 0 bridgehead atoms. The van der Waals surface area contributed by atoms with E-state index in [1.807, 2.05) is 24.3 Å². The first-order chi connectivity index (χ1) is 30.2. The number of para-hydroxylation sites is 3. The third kappa shape index (κ3) is 5.96. The molecule has 0 fully saturated rings. The van der Waals surface area contributed by atoms with Crippen LogP contribution in [0.5, 0.6) is 0 Å². The van der Waals surface area contributed by atoms with Gasteiger partial charge in [0.05, 0.1) is 22.4 Å². The molecule has 3 heterocycles. The van der Waals surface area contributed by atoms with Gasteiger partial charge in [-0.1, -0.05) is 188 Å². The van der Waals surface area contributed by atoms with Gasteiger partial charge in [0.1, 0.15) is 11.2 Å². The van der Waals surface area contributed by atoms with Crippen LogP contribution in [0, 0.1) is 0 Å². The molecule has 0 saturated carbocycles. The smallest absolute Gasteiger partial charge is 0.160 e. The zero-order valence-corrected chi connectivity index (χ0v) is 33.0. The summed E-state index contributed by atoms with van der Waals surface area (Å²) in [5.74, 6) is 0.699. The van der Waals surface area contributed by atoms with Gasteiger partial charge < -0.3 is 4.42 Å². The molecule has 0 aliphatic heterocycles. The number of rotatable bonds is 6. The summed E-state index contributed by atoms with van der Waals surface area (Å²) in [7, 11) is 0. The number of hydrogen-bond donors (Lipinski definition) is 0. The highest BCUT2D eigenvalue weighted by Crippen LogP contribution is 2.46. The number of fused-ring (bicyclic) bond motifs is 7. The molecular weight excluding hydrogens is 743 g/mol. The molecule has 61 heavy (non-hydrogen) atoms. The highest BCUT2D eigenvalue weighted by molar-refractivity contribution is 6.27. The molecule has 284 valence electrons. The Bertz CT molecular complexity index is 3600. The molecule has 12 rings (SSSR count). The second-order valence-corrected chi connectivity index (χ2v) is 15.5. The van der Waals surface area contributed by atoms with E-state index in [0.29, 0.717) is 5.82 Å². The third-order valence-electron chi connectivity index (χ3n) is 11.9. The van der Waals surface area contributed by atoms with E-state index < -0.39 is 0 Å². The maximum absolute atomic E-state index is 6.58. The first kappa shape index (κ1) is 34.8. The summed E-state index contributed by atoms with van der Waals surface area (Å²) in [6.07, 6.45) is 0. The van der Waals surface area contributed by atoms with Crippen LogP contribution < -0.4 is 0 Å². The number of furan rings is 1. The molecule has 0 unspecified atom stereocenters. The van der Waals surface area contributed by atoms with E-state index in [4.69, 9.17) is 19.4 Å². The fraction of sp³-hybridized carbons (Fsp3) is 0. The zero-order chi connectivity index (χ0) is 40.3. The number of nitrogens with zero attached hydrogens (tertiary/aromatic N) is 3. The average molecular weight is 778 g/mol. The normalized spacial score (nSPS) is 11.6. The van der Waals surface area contributed by atoms with Gasteiger partial charge >= 0.3 is 0 Å². The standard InChI is InChI=1S/C57H35N3O/c1-3-13-36(14-4-1)37-23-29-41(30-24-37)55-45-18-8-11-21-49(45)59-57(60-55)43-33-27-39(28-34-43)38-25-31-42(32-26-38)56-47-35-51-54(46-19-9-12-22-50(46)61-51)52(40-15-5-2-6-16-40)53(47)44-17-7-10-20-48(44)58-56/h1-35H. The summed E-state index contributed by atoms with van der Waals surface area (Å²) in [6.45, 7) is 0. The number of hydrogen-bond acceptors (Lipinski definition) is 4. The second kappa shape index (κ2) is 14.3. The summed E-state index contributed by atoms with van der Waals surface area (Å²) in [5.41, 5.74) is 15.4. The topological polar surface area (TPSA) is 51.8 Å². The van der Waals surface area contributed by atoms with Crippen LogP contribution in [-0.4, -0.2) is 15.0 Å². The minimum Gasteiger partial charge on any atom is -0.456 e. The van der Waals surface area contributed by atoms with Crippen LogP contribution in [0.25, 0.3) is 122 Å². The van der Waals surface area contributed by atoms with E-state index in [1.165, 1.54) is 16.5 Å². The van der Waals surface area contributed by atoms with Gasteiger partial charge in [-0.3, -0.25) is 0 Å². The molecule has 0 spiro atoms. The molecule has 0 amide bonds. The summed E-state index contributed by atoms with van der Waals surface area (Å²) in [5, 5.41) is 6.61. The minimum absolute atomic E-state index is 0.699. The zero-order valence-electron chi connectivity index (χ0n) is 33.0. The van der Waals surface area contributed by atoms with Gasteiger partial charge in [0.25, 0.3) is 0 Å². The third-order valence-corrected chi connectivity index (χ3v) is 11.9. The largest absolute Gasteiger partial charge is 0.456 e. The Kier molecular flexibility index (Phi) is 8.13. The van der Waals surface area contributed by atoms with Crippen LogP contribution in [0.2, 0.25) is 0 Å². The molecular formula is C57H35N3O. The minimum atomic E-state index is 0.699. The Morgan fingerprint density at radius 2 is 0.738 bits per heavy atom. The lowest BCUT2D eigenvalue weighted by Gasteiger charge is -2.16. The van der Waals surface area contributed by atoms with Gasteiger partial charge in [-0.15, -0.1) is 0 Å². The maximum Gasteiger partial charge on any atom is 0.160 e. The molecule has 0 aliphatic carbocycles. The molecule has 0 aliphatic rings. The van der Waals surface area contributed by atoms with E-state index in [2.05, 4.69) is 188 Å². The molecule has 0 saturated heterocycles. The van der Waals surface area contributed by atoms with Gasteiger partial charge in [-0.05, 0) is 52.1 Å². The number of aromatic nitrogens is 3. The molecule has 0 radical (unpaired) electrons.